The van der Waals surface area contributed by atoms with Gasteiger partial charge in [0.05, 0.1) is 5.75 Å². The summed E-state index contributed by atoms with van der Waals surface area (Å²) < 4.78 is 19.6. The van der Waals surface area contributed by atoms with Gasteiger partial charge in [0.1, 0.15) is 0 Å². The summed E-state index contributed by atoms with van der Waals surface area (Å²) in [6, 6.07) is 5.23. The molecule has 0 radical (unpaired) electrons. The van der Waals surface area contributed by atoms with Crippen LogP contribution in [0.1, 0.15) is 24.8 Å². The predicted octanol–water partition coefficient (Wildman–Crippen LogP) is 2.64. The van der Waals surface area contributed by atoms with Gasteiger partial charge in [-0.05, 0) is 30.0 Å². The van der Waals surface area contributed by atoms with E-state index in [1.165, 1.54) is 0 Å². The normalized spacial score (nSPS) is 14.9. The Bertz CT molecular complexity index is 370. The zero-order chi connectivity index (χ0) is 11.4. The Morgan fingerprint density at radius 2 is 2.27 bits per heavy atom. The molecule has 1 aromatic rings. The van der Waals surface area contributed by atoms with Crippen molar-refractivity contribution in [2.45, 2.75) is 19.3 Å². The summed E-state index contributed by atoms with van der Waals surface area (Å²) in [5.74, 6) is 0.218. The highest BCUT2D eigenvalue weighted by Gasteiger charge is 2.15. The molecule has 15 heavy (non-hydrogen) atoms. The van der Waals surface area contributed by atoms with E-state index in [0.29, 0.717) is 10.7 Å². The van der Waals surface area contributed by atoms with Crippen molar-refractivity contribution in [3.8, 4) is 0 Å². The number of rotatable bonds is 4. The van der Waals surface area contributed by atoms with Crippen LogP contribution >= 0.6 is 11.6 Å². The standard InChI is InChI=1S/C10H14ClNO2S/c1-2-7(6-15(13)14)9-4-3-8(11)5-10(9)12/h3-5,7H,2,6,12H2,1H3,(H,13,14). The molecular weight excluding hydrogens is 234 g/mol. The van der Waals surface area contributed by atoms with Crippen LogP contribution in [0.3, 0.4) is 0 Å². The van der Waals surface area contributed by atoms with Crippen molar-refractivity contribution < 1.29 is 8.76 Å². The van der Waals surface area contributed by atoms with Crippen LogP contribution in [-0.2, 0) is 11.1 Å². The van der Waals surface area contributed by atoms with Crippen molar-refractivity contribution in [2.75, 3.05) is 11.5 Å². The quantitative estimate of drug-likeness (QED) is 0.635. The monoisotopic (exact) mass is 247 g/mol. The molecule has 3 N–H and O–H groups in total. The molecule has 0 heterocycles. The average molecular weight is 248 g/mol. The summed E-state index contributed by atoms with van der Waals surface area (Å²) in [7, 11) is 0. The summed E-state index contributed by atoms with van der Waals surface area (Å²) >= 11 is 3.98. The highest BCUT2D eigenvalue weighted by Crippen LogP contribution is 2.28. The van der Waals surface area contributed by atoms with E-state index >= 15 is 0 Å². The fourth-order valence-corrected chi connectivity index (χ4v) is 2.46. The van der Waals surface area contributed by atoms with Crippen LogP contribution in [0.4, 0.5) is 5.69 Å². The summed E-state index contributed by atoms with van der Waals surface area (Å²) in [5.41, 5.74) is 7.28. The number of nitrogens with two attached hydrogens (primary N) is 1. The maximum absolute atomic E-state index is 10.8. The molecule has 0 saturated heterocycles. The Kier molecular flexibility index (Phi) is 4.57. The molecule has 0 aliphatic carbocycles. The van der Waals surface area contributed by atoms with Gasteiger partial charge in [0, 0.05) is 10.7 Å². The average Bonchev–Trinajstić information content (AvgIpc) is 2.14. The Balaban J connectivity index is 2.96. The molecule has 0 fully saturated rings. The van der Waals surface area contributed by atoms with E-state index in [1.807, 2.05) is 13.0 Å². The summed E-state index contributed by atoms with van der Waals surface area (Å²) in [5, 5.41) is 0.580. The number of halogens is 1. The van der Waals surface area contributed by atoms with Crippen LogP contribution in [0.2, 0.25) is 5.02 Å². The Labute approximate surface area is 96.9 Å². The second-order valence-electron chi connectivity index (χ2n) is 3.37. The van der Waals surface area contributed by atoms with Crippen molar-refractivity contribution in [1.29, 1.82) is 0 Å². The SMILES string of the molecule is CCC(CS(=O)O)c1ccc(Cl)cc1N. The number of benzene rings is 1. The van der Waals surface area contributed by atoms with Crippen molar-refractivity contribution in [3.05, 3.63) is 28.8 Å². The minimum absolute atomic E-state index is 0.00750. The Hall–Kier alpha value is -0.580. The van der Waals surface area contributed by atoms with Gasteiger partial charge in [-0.2, -0.15) is 0 Å². The third-order valence-corrected chi connectivity index (χ3v) is 3.25. The highest BCUT2D eigenvalue weighted by atomic mass is 35.5. The lowest BCUT2D eigenvalue weighted by Gasteiger charge is -2.15. The zero-order valence-corrected chi connectivity index (χ0v) is 10.0. The maximum Gasteiger partial charge on any atom is 0.153 e. The lowest BCUT2D eigenvalue weighted by molar-refractivity contribution is 0.554. The van der Waals surface area contributed by atoms with E-state index in [1.54, 1.807) is 12.1 Å². The molecule has 0 saturated carbocycles. The minimum Gasteiger partial charge on any atom is -0.398 e. The summed E-state index contributed by atoms with van der Waals surface area (Å²) in [6.45, 7) is 1.96. The van der Waals surface area contributed by atoms with Gasteiger partial charge in [-0.25, -0.2) is 4.21 Å². The van der Waals surface area contributed by atoms with E-state index in [-0.39, 0.29) is 11.7 Å². The lowest BCUT2D eigenvalue weighted by atomic mass is 9.97. The highest BCUT2D eigenvalue weighted by molar-refractivity contribution is 7.79. The molecular formula is C10H14ClNO2S. The van der Waals surface area contributed by atoms with Gasteiger partial charge >= 0.3 is 0 Å². The van der Waals surface area contributed by atoms with Gasteiger partial charge < -0.3 is 10.3 Å². The molecule has 2 atom stereocenters. The first-order valence-corrected chi connectivity index (χ1v) is 6.32. The van der Waals surface area contributed by atoms with E-state index in [2.05, 4.69) is 0 Å². The molecule has 0 aliphatic heterocycles. The fraction of sp³-hybridized carbons (Fsp3) is 0.400. The Morgan fingerprint density at radius 1 is 1.60 bits per heavy atom. The number of anilines is 1. The van der Waals surface area contributed by atoms with E-state index in [4.69, 9.17) is 21.9 Å². The number of hydrogen-bond acceptors (Lipinski definition) is 2. The second kappa shape index (κ2) is 5.49. The maximum atomic E-state index is 10.8. The molecule has 3 nitrogen and oxygen atoms in total. The third-order valence-electron chi connectivity index (χ3n) is 2.33. The van der Waals surface area contributed by atoms with Crippen molar-refractivity contribution in [1.82, 2.24) is 0 Å². The van der Waals surface area contributed by atoms with E-state index in [0.717, 1.165) is 12.0 Å². The van der Waals surface area contributed by atoms with Crippen LogP contribution in [0.25, 0.3) is 0 Å². The van der Waals surface area contributed by atoms with Crippen LogP contribution in [0.15, 0.2) is 18.2 Å². The predicted molar refractivity (Wildman–Crippen MR) is 64.5 cm³/mol. The minimum atomic E-state index is -1.80. The van der Waals surface area contributed by atoms with Crippen LogP contribution in [0, 0.1) is 0 Å². The molecule has 1 rings (SSSR count). The number of hydrogen-bond donors (Lipinski definition) is 2. The molecule has 0 aromatic heterocycles. The summed E-state index contributed by atoms with van der Waals surface area (Å²) in [4.78, 5) is 0. The van der Waals surface area contributed by atoms with Crippen LogP contribution < -0.4 is 5.73 Å². The molecule has 0 bridgehead atoms. The second-order valence-corrected chi connectivity index (χ2v) is 4.78. The molecule has 0 spiro atoms. The molecule has 84 valence electrons. The molecule has 5 heteroatoms. The van der Waals surface area contributed by atoms with Crippen molar-refractivity contribution >= 4 is 28.4 Å². The lowest BCUT2D eigenvalue weighted by Crippen LogP contribution is -2.10. The van der Waals surface area contributed by atoms with Gasteiger partial charge in [0.15, 0.2) is 11.1 Å². The smallest absolute Gasteiger partial charge is 0.153 e. The zero-order valence-electron chi connectivity index (χ0n) is 8.44. The van der Waals surface area contributed by atoms with Gasteiger partial charge in [0.25, 0.3) is 0 Å². The molecule has 0 aliphatic rings. The van der Waals surface area contributed by atoms with Gasteiger partial charge in [-0.3, -0.25) is 0 Å². The van der Waals surface area contributed by atoms with Crippen molar-refractivity contribution in [2.24, 2.45) is 0 Å². The first-order valence-electron chi connectivity index (χ1n) is 4.67. The van der Waals surface area contributed by atoms with E-state index < -0.39 is 11.1 Å². The number of nitrogen functional groups attached to an aromatic ring is 1. The molecule has 1 aromatic carbocycles. The largest absolute Gasteiger partial charge is 0.398 e. The summed E-state index contributed by atoms with van der Waals surface area (Å²) in [6.07, 6.45) is 0.776. The van der Waals surface area contributed by atoms with Crippen LogP contribution in [-0.4, -0.2) is 14.5 Å². The van der Waals surface area contributed by atoms with Crippen LogP contribution in [0.5, 0.6) is 0 Å². The third kappa shape index (κ3) is 3.48. The van der Waals surface area contributed by atoms with E-state index in [9.17, 15) is 4.21 Å². The Morgan fingerprint density at radius 3 is 2.73 bits per heavy atom. The van der Waals surface area contributed by atoms with Gasteiger partial charge in [0.2, 0.25) is 0 Å². The first-order chi connectivity index (χ1) is 7.04. The molecule has 0 amide bonds. The molecule has 2 unspecified atom stereocenters. The topological polar surface area (TPSA) is 63.3 Å². The van der Waals surface area contributed by atoms with Crippen molar-refractivity contribution in [3.63, 3.8) is 0 Å². The first kappa shape index (κ1) is 12.5. The van der Waals surface area contributed by atoms with Gasteiger partial charge in [-0.15, -0.1) is 0 Å². The fourth-order valence-electron chi connectivity index (χ4n) is 1.52. The van der Waals surface area contributed by atoms with Gasteiger partial charge in [-0.1, -0.05) is 24.6 Å².